The average Bonchev–Trinajstić information content (AvgIpc) is 3.24. The number of allylic oxidation sites excluding steroid dienone is 2. The Morgan fingerprint density at radius 3 is 2.44 bits per heavy atom. The summed E-state index contributed by atoms with van der Waals surface area (Å²) in [5.74, 6) is -1.80. The highest BCUT2D eigenvalue weighted by Crippen LogP contribution is 2.62. The van der Waals surface area contributed by atoms with Crippen molar-refractivity contribution in [2.75, 3.05) is 0 Å². The van der Waals surface area contributed by atoms with Gasteiger partial charge in [0.15, 0.2) is 5.78 Å². The largest absolute Gasteiger partial charge is 0.389 e. The van der Waals surface area contributed by atoms with E-state index < -0.39 is 28.9 Å². The van der Waals surface area contributed by atoms with Crippen molar-refractivity contribution in [3.05, 3.63) is 22.3 Å². The van der Waals surface area contributed by atoms with Crippen molar-refractivity contribution in [2.45, 2.75) is 59.5 Å². The third-order valence-electron chi connectivity index (χ3n) is 7.41. The van der Waals surface area contributed by atoms with E-state index in [9.17, 15) is 19.5 Å². The fourth-order valence-electron chi connectivity index (χ4n) is 5.36. The van der Waals surface area contributed by atoms with Gasteiger partial charge in [0.2, 0.25) is 0 Å². The smallest absolute Gasteiger partial charge is 0.342 e. The summed E-state index contributed by atoms with van der Waals surface area (Å²) in [7, 11) is 0. The zero-order chi connectivity index (χ0) is 18.3. The van der Waals surface area contributed by atoms with E-state index in [0.717, 1.165) is 12.0 Å². The monoisotopic (exact) mass is 344 g/mol. The Morgan fingerprint density at radius 2 is 1.84 bits per heavy atom. The Balaban J connectivity index is 1.93. The predicted octanol–water partition coefficient (Wildman–Crippen LogP) is 2.48. The lowest BCUT2D eigenvalue weighted by atomic mass is 9.55. The maximum Gasteiger partial charge on any atom is 0.342 e. The Hall–Kier alpha value is -1.75. The second kappa shape index (κ2) is 4.91. The number of aliphatic hydroxyl groups excluding tert-OH is 1. The maximum absolute atomic E-state index is 13.0. The summed E-state index contributed by atoms with van der Waals surface area (Å²) in [4.78, 5) is 38.3. The van der Waals surface area contributed by atoms with Gasteiger partial charge in [-0.25, -0.2) is 4.79 Å². The molecular weight excluding hydrogens is 320 g/mol. The lowest BCUT2D eigenvalue weighted by molar-refractivity contribution is -0.163. The van der Waals surface area contributed by atoms with E-state index in [1.54, 1.807) is 0 Å². The van der Waals surface area contributed by atoms with E-state index in [0.29, 0.717) is 12.8 Å². The molecule has 0 amide bonds. The maximum atomic E-state index is 13.0. The highest BCUT2D eigenvalue weighted by atomic mass is 16.6. The number of fused-ring (bicyclic) bond motifs is 2. The Morgan fingerprint density at radius 1 is 1.20 bits per heavy atom. The number of Topliss-reactive ketones (excluding diaryl/α,β-unsaturated/α-hetero) is 1. The topological polar surface area (TPSA) is 80.7 Å². The molecule has 1 saturated carbocycles. The van der Waals surface area contributed by atoms with Gasteiger partial charge in [0.25, 0.3) is 0 Å². The number of aliphatic hydroxyl groups is 1. The first-order valence-electron chi connectivity index (χ1n) is 9.03. The molecule has 1 spiro atoms. The molecule has 1 fully saturated rings. The summed E-state index contributed by atoms with van der Waals surface area (Å²) in [5, 5.41) is 11.0. The first-order chi connectivity index (χ1) is 11.6. The molecule has 0 unspecified atom stereocenters. The van der Waals surface area contributed by atoms with Crippen LogP contribution in [0.4, 0.5) is 0 Å². The molecule has 4 rings (SSSR count). The number of hydrogen-bond acceptors (Lipinski definition) is 5. The minimum absolute atomic E-state index is 0.0759. The number of esters is 2. The molecule has 5 heteroatoms. The van der Waals surface area contributed by atoms with Crippen molar-refractivity contribution in [3.63, 3.8) is 0 Å². The van der Waals surface area contributed by atoms with Gasteiger partial charge in [0, 0.05) is 17.4 Å². The van der Waals surface area contributed by atoms with Gasteiger partial charge in [-0.1, -0.05) is 25.0 Å². The molecule has 25 heavy (non-hydrogen) atoms. The molecule has 0 aromatic rings. The second-order valence-corrected chi connectivity index (χ2v) is 8.57. The molecule has 0 bridgehead atoms. The Bertz CT molecular complexity index is 788. The molecule has 5 nitrogen and oxygen atoms in total. The normalized spacial score (nSPS) is 43.7. The molecule has 3 aliphatic carbocycles. The fourth-order valence-corrected chi connectivity index (χ4v) is 5.36. The van der Waals surface area contributed by atoms with E-state index in [2.05, 4.69) is 6.92 Å². The van der Waals surface area contributed by atoms with Crippen molar-refractivity contribution >= 4 is 17.7 Å². The predicted molar refractivity (Wildman–Crippen MR) is 89.2 cm³/mol. The molecule has 4 aliphatic rings. The standard InChI is InChI=1S/C20H24O5/c1-9-5-6-19(4)12(11(9)3)7-13(21)14-15(19)17(23)25-18(24)20(16(14)22)8-10(20)2/h10,12,16,22H,5-8H2,1-4H3/t10-,12+,16-,19+,20-/m1/s1. The highest BCUT2D eigenvalue weighted by Gasteiger charge is 2.68. The fraction of sp³-hybridized carbons (Fsp3) is 0.650. The molecule has 1 N–H and O–H groups in total. The van der Waals surface area contributed by atoms with E-state index in [4.69, 9.17) is 4.74 Å². The van der Waals surface area contributed by atoms with Crippen LogP contribution in [0.1, 0.15) is 53.4 Å². The van der Waals surface area contributed by atoms with Crippen LogP contribution < -0.4 is 0 Å². The van der Waals surface area contributed by atoms with E-state index >= 15 is 0 Å². The Kier molecular flexibility index (Phi) is 3.28. The van der Waals surface area contributed by atoms with Gasteiger partial charge < -0.3 is 9.84 Å². The summed E-state index contributed by atoms with van der Waals surface area (Å²) >= 11 is 0. The van der Waals surface area contributed by atoms with Gasteiger partial charge >= 0.3 is 11.9 Å². The van der Waals surface area contributed by atoms with Crippen molar-refractivity contribution in [1.29, 1.82) is 0 Å². The molecule has 5 atom stereocenters. The molecule has 134 valence electrons. The van der Waals surface area contributed by atoms with Gasteiger partial charge in [-0.05, 0) is 44.9 Å². The minimum Gasteiger partial charge on any atom is -0.389 e. The molecular formula is C20H24O5. The summed E-state index contributed by atoms with van der Waals surface area (Å²) in [5.41, 5.74) is 1.09. The molecule has 0 radical (unpaired) electrons. The zero-order valence-corrected chi connectivity index (χ0v) is 15.1. The lowest BCUT2D eigenvalue weighted by Crippen LogP contribution is -2.45. The third kappa shape index (κ3) is 1.90. The number of cyclic esters (lactones) is 2. The minimum atomic E-state index is -1.24. The van der Waals surface area contributed by atoms with Crippen molar-refractivity contribution in [2.24, 2.45) is 22.7 Å². The van der Waals surface area contributed by atoms with Crippen LogP contribution in [-0.2, 0) is 19.1 Å². The van der Waals surface area contributed by atoms with Gasteiger partial charge in [0.1, 0.15) is 5.41 Å². The molecule has 0 aromatic carbocycles. The van der Waals surface area contributed by atoms with Crippen LogP contribution in [0, 0.1) is 22.7 Å². The van der Waals surface area contributed by atoms with Crippen molar-refractivity contribution < 1.29 is 24.2 Å². The molecule has 1 aliphatic heterocycles. The molecule has 0 aromatic heterocycles. The Labute approximate surface area is 147 Å². The number of carbonyl (C=O) groups is 3. The highest BCUT2D eigenvalue weighted by molar-refractivity contribution is 6.12. The quantitative estimate of drug-likeness (QED) is 0.415. The lowest BCUT2D eigenvalue weighted by Gasteiger charge is -2.47. The summed E-state index contributed by atoms with van der Waals surface area (Å²) < 4.78 is 5.16. The van der Waals surface area contributed by atoms with Crippen molar-refractivity contribution in [3.8, 4) is 0 Å². The number of carbonyl (C=O) groups excluding carboxylic acids is 3. The number of ketones is 1. The SMILES string of the molecule is CC1=C(C)[C@@H]2CC(=O)C3=C(C(=O)OC(=O)[C@@]4(C[C@H]4C)[C@@H]3O)[C@@]2(C)CC1. The number of rotatable bonds is 0. The van der Waals surface area contributed by atoms with Crippen LogP contribution in [0.25, 0.3) is 0 Å². The number of ether oxygens (including phenoxy) is 1. The summed E-state index contributed by atoms with van der Waals surface area (Å²) in [6, 6.07) is 0. The van der Waals surface area contributed by atoms with Crippen LogP contribution in [0.5, 0.6) is 0 Å². The van der Waals surface area contributed by atoms with E-state index in [1.807, 2.05) is 20.8 Å². The van der Waals surface area contributed by atoms with Crippen molar-refractivity contribution in [1.82, 2.24) is 0 Å². The first-order valence-corrected chi connectivity index (χ1v) is 9.03. The van der Waals surface area contributed by atoms with Gasteiger partial charge in [-0.3, -0.25) is 9.59 Å². The number of hydrogen-bond donors (Lipinski definition) is 1. The van der Waals surface area contributed by atoms with Crippen LogP contribution in [-0.4, -0.2) is 28.9 Å². The van der Waals surface area contributed by atoms with Crippen LogP contribution in [0.15, 0.2) is 22.3 Å². The van der Waals surface area contributed by atoms with Gasteiger partial charge in [-0.15, -0.1) is 0 Å². The second-order valence-electron chi connectivity index (χ2n) is 8.57. The van der Waals surface area contributed by atoms with Gasteiger partial charge in [0.05, 0.1) is 11.7 Å². The van der Waals surface area contributed by atoms with Crippen LogP contribution >= 0.6 is 0 Å². The van der Waals surface area contributed by atoms with Crippen LogP contribution in [0.3, 0.4) is 0 Å². The first kappa shape index (κ1) is 16.7. The molecule has 0 saturated heterocycles. The average molecular weight is 344 g/mol. The van der Waals surface area contributed by atoms with Gasteiger partial charge in [-0.2, -0.15) is 0 Å². The molecule has 1 heterocycles. The van der Waals surface area contributed by atoms with E-state index in [1.165, 1.54) is 5.57 Å². The van der Waals surface area contributed by atoms with E-state index in [-0.39, 0.29) is 35.2 Å². The summed E-state index contributed by atoms with van der Waals surface area (Å²) in [6.45, 7) is 7.90. The third-order valence-corrected chi connectivity index (χ3v) is 7.41. The zero-order valence-electron chi connectivity index (χ0n) is 15.1. The van der Waals surface area contributed by atoms with Crippen LogP contribution in [0.2, 0.25) is 0 Å². The summed E-state index contributed by atoms with van der Waals surface area (Å²) in [6.07, 6.45) is 1.03.